The van der Waals surface area contributed by atoms with Crippen molar-refractivity contribution >= 4 is 39.2 Å². The monoisotopic (exact) mass is 461 g/mol. The van der Waals surface area contributed by atoms with Crippen LogP contribution in [0.2, 0.25) is 0 Å². The van der Waals surface area contributed by atoms with Gasteiger partial charge in [0.25, 0.3) is 0 Å². The van der Waals surface area contributed by atoms with Crippen molar-refractivity contribution in [2.45, 2.75) is 37.0 Å². The van der Waals surface area contributed by atoms with E-state index in [4.69, 9.17) is 10.5 Å². The number of hydrogen-bond donors (Lipinski definition) is 5. The molecule has 1 aliphatic rings. The van der Waals surface area contributed by atoms with Crippen LogP contribution in [0.1, 0.15) is 12.6 Å². The zero-order valence-corrected chi connectivity index (χ0v) is 16.5. The van der Waals surface area contributed by atoms with Crippen molar-refractivity contribution in [3.8, 4) is 0 Å². The van der Waals surface area contributed by atoms with E-state index in [9.17, 15) is 33.3 Å². The zero-order valence-electron chi connectivity index (χ0n) is 15.7. The second-order valence-electron chi connectivity index (χ2n) is 6.61. The van der Waals surface area contributed by atoms with Crippen molar-refractivity contribution in [1.29, 1.82) is 0 Å². The summed E-state index contributed by atoms with van der Waals surface area (Å²) in [6, 6.07) is -1.46. The fourth-order valence-corrected chi connectivity index (χ4v) is 3.56. The van der Waals surface area contributed by atoms with Crippen LogP contribution in [0.25, 0.3) is 11.2 Å². The summed E-state index contributed by atoms with van der Waals surface area (Å²) in [5.41, 5.74) is 9.27. The maximum absolute atomic E-state index is 11.9. The van der Waals surface area contributed by atoms with Crippen LogP contribution >= 0.6 is 0 Å². The van der Waals surface area contributed by atoms with Crippen molar-refractivity contribution < 1.29 is 48.0 Å². The average Bonchev–Trinajstić information content (AvgIpc) is 3.22. The first-order valence-corrected chi connectivity index (χ1v) is 10.1. The highest BCUT2D eigenvalue weighted by Crippen LogP contribution is 2.32. The van der Waals surface area contributed by atoms with E-state index < -0.39 is 65.8 Å². The lowest BCUT2D eigenvalue weighted by Crippen LogP contribution is -2.69. The molecule has 1 fully saturated rings. The Morgan fingerprint density at radius 1 is 1.35 bits per heavy atom. The van der Waals surface area contributed by atoms with E-state index in [1.807, 2.05) is 0 Å². The van der Waals surface area contributed by atoms with Crippen molar-refractivity contribution in [2.75, 3.05) is 12.3 Å². The number of aliphatic hydroxyl groups is 2. The number of aliphatic hydroxyl groups excluding tert-OH is 2. The van der Waals surface area contributed by atoms with E-state index in [0.29, 0.717) is 0 Å². The Morgan fingerprint density at radius 2 is 2.06 bits per heavy atom. The van der Waals surface area contributed by atoms with Gasteiger partial charge in [-0.15, -0.1) is 0 Å². The number of carboxylic acid groups (broad SMARTS) is 1. The molecule has 31 heavy (non-hydrogen) atoms. The first-order valence-electron chi connectivity index (χ1n) is 8.68. The molecule has 0 bridgehead atoms. The number of anilines is 1. The number of nitrogen functional groups attached to an aromatic ring is 1. The quantitative estimate of drug-likeness (QED) is 0.245. The van der Waals surface area contributed by atoms with Crippen LogP contribution in [-0.2, 0) is 28.8 Å². The maximum atomic E-state index is 11.9. The number of hydrogen-bond acceptors (Lipinski definition) is 13. The van der Waals surface area contributed by atoms with Crippen LogP contribution in [0.3, 0.4) is 0 Å². The Bertz CT molecular complexity index is 1090. The molecule has 170 valence electrons. The molecule has 0 unspecified atom stereocenters. The average molecular weight is 461 g/mol. The highest BCUT2D eigenvalue weighted by molar-refractivity contribution is 7.85. The molecule has 2 aromatic heterocycles. The summed E-state index contributed by atoms with van der Waals surface area (Å²) in [5.74, 6) is -2.73. The third-order valence-electron chi connectivity index (χ3n) is 4.39. The third-order valence-corrected chi connectivity index (χ3v) is 5.31. The highest BCUT2D eigenvalue weighted by Gasteiger charge is 2.45. The maximum Gasteiger partial charge on any atom is 0.362 e. The number of aromatic nitrogens is 4. The van der Waals surface area contributed by atoms with Gasteiger partial charge in [0, 0.05) is 0 Å². The summed E-state index contributed by atoms with van der Waals surface area (Å²) < 4.78 is 36.6. The first-order chi connectivity index (χ1) is 14.5. The molecule has 0 spiro atoms. The fourth-order valence-electron chi connectivity index (χ4n) is 2.83. The predicted octanol–water partition coefficient (Wildman–Crippen LogP) is -5.84. The summed E-state index contributed by atoms with van der Waals surface area (Å²) in [6.07, 6.45) is -3.91. The molecule has 8 N–H and O–H groups in total. The molecule has 1 aliphatic heterocycles. The van der Waals surface area contributed by atoms with Gasteiger partial charge in [-0.2, -0.15) is 8.42 Å². The van der Waals surface area contributed by atoms with E-state index >= 15 is 0 Å². The molecule has 1 amide bonds. The van der Waals surface area contributed by atoms with Gasteiger partial charge >= 0.3 is 10.3 Å². The number of nitrogens with zero attached hydrogens (tertiary/aromatic N) is 4. The molecule has 3 rings (SSSR count). The molecule has 0 saturated carbocycles. The summed E-state index contributed by atoms with van der Waals surface area (Å²) in [6.45, 7) is -0.768. The number of carbonyl (C=O) groups excluding carboxylic acids is 2. The lowest BCUT2D eigenvalue weighted by molar-refractivity contribution is -0.436. The fraction of sp³-hybridized carbons (Fsp3) is 0.500. The van der Waals surface area contributed by atoms with Gasteiger partial charge in [0.05, 0.1) is 25.3 Å². The molecule has 0 aromatic carbocycles. The molecule has 2 aromatic rings. The largest absolute Gasteiger partial charge is 0.544 e. The highest BCUT2D eigenvalue weighted by atomic mass is 32.2. The van der Waals surface area contributed by atoms with Crippen molar-refractivity contribution in [1.82, 2.24) is 24.2 Å². The topological polar surface area (TPSA) is 260 Å². The van der Waals surface area contributed by atoms with Crippen LogP contribution in [0.15, 0.2) is 12.7 Å². The molecular weight excluding hydrogens is 442 g/mol. The molecule has 17 heteroatoms. The smallest absolute Gasteiger partial charge is 0.362 e. The SMILES string of the molecule is Nc1ncnc2c1ncn2[C@@H]1O[C@H](COS(=O)(=O)NC(=O)C[C@H]([NH3+])C(=O)[O-])[C@@H](O)[C@H]1O. The Hall–Kier alpha value is -2.96. The van der Waals surface area contributed by atoms with Gasteiger partial charge in [0.2, 0.25) is 5.91 Å². The number of ether oxygens (including phenoxy) is 1. The van der Waals surface area contributed by atoms with Crippen LogP contribution < -0.4 is 21.3 Å². The van der Waals surface area contributed by atoms with E-state index in [0.717, 1.165) is 0 Å². The standard InChI is InChI=1S/C14H19N7O9S/c15-5(14(25)26)1-7(22)20-31(27,28)29-2-6-9(23)10(24)13(30-6)21-4-19-8-11(16)17-3-18-12(8)21/h3-6,9-10,13,23-24H,1-2,15H2,(H,20,22)(H,25,26)(H2,16,17,18)/t5-,6+,9+,10+,13+/m0/s1. The second kappa shape index (κ2) is 8.65. The molecule has 1 saturated heterocycles. The second-order valence-corrected chi connectivity index (χ2v) is 7.96. The lowest BCUT2D eigenvalue weighted by atomic mass is 10.1. The lowest BCUT2D eigenvalue weighted by Gasteiger charge is -2.16. The van der Waals surface area contributed by atoms with Gasteiger partial charge in [-0.05, 0) is 0 Å². The summed E-state index contributed by atoms with van der Waals surface area (Å²) in [4.78, 5) is 34.0. The Kier molecular flexibility index (Phi) is 6.34. The van der Waals surface area contributed by atoms with Gasteiger partial charge in [-0.25, -0.2) is 19.7 Å². The van der Waals surface area contributed by atoms with E-state index in [1.165, 1.54) is 21.9 Å². The number of nitrogens with two attached hydrogens (primary N) is 1. The number of fused-ring (bicyclic) bond motifs is 1. The van der Waals surface area contributed by atoms with Crippen molar-refractivity contribution in [3.05, 3.63) is 12.7 Å². The first kappa shape index (κ1) is 22.7. The molecule has 3 heterocycles. The van der Waals surface area contributed by atoms with Crippen LogP contribution in [0.5, 0.6) is 0 Å². The number of nitrogens with one attached hydrogen (secondary N) is 1. The van der Waals surface area contributed by atoms with Crippen LogP contribution in [0, 0.1) is 0 Å². The van der Waals surface area contributed by atoms with Gasteiger partial charge in [0.1, 0.15) is 36.2 Å². The number of imidazole rings is 1. The third kappa shape index (κ3) is 4.86. The number of quaternary nitrogens is 1. The molecular formula is C14H19N7O9S. The van der Waals surface area contributed by atoms with Crippen molar-refractivity contribution in [3.63, 3.8) is 0 Å². The molecule has 16 nitrogen and oxygen atoms in total. The van der Waals surface area contributed by atoms with Crippen LogP contribution in [-0.4, -0.2) is 81.0 Å². The van der Waals surface area contributed by atoms with E-state index in [-0.39, 0.29) is 17.0 Å². The summed E-state index contributed by atoms with van der Waals surface area (Å²) >= 11 is 0. The van der Waals surface area contributed by atoms with E-state index in [1.54, 1.807) is 0 Å². The number of aliphatic carboxylic acids is 1. The number of carbonyl (C=O) groups is 2. The summed E-state index contributed by atoms with van der Waals surface area (Å²) in [5, 5.41) is 31.1. The Balaban J connectivity index is 1.64. The Labute approximate surface area is 174 Å². The van der Waals surface area contributed by atoms with Crippen LogP contribution in [0.4, 0.5) is 5.82 Å². The Morgan fingerprint density at radius 3 is 2.74 bits per heavy atom. The summed E-state index contributed by atoms with van der Waals surface area (Å²) in [7, 11) is -4.66. The van der Waals surface area contributed by atoms with Gasteiger partial charge < -0.3 is 36.3 Å². The van der Waals surface area contributed by atoms with Gasteiger partial charge in [-0.1, -0.05) is 0 Å². The number of rotatable bonds is 8. The van der Waals surface area contributed by atoms with E-state index in [2.05, 4.69) is 24.9 Å². The van der Waals surface area contributed by atoms with Gasteiger partial charge in [0.15, 0.2) is 17.7 Å². The molecule has 0 aliphatic carbocycles. The number of amides is 1. The van der Waals surface area contributed by atoms with Crippen molar-refractivity contribution in [2.24, 2.45) is 0 Å². The minimum atomic E-state index is -4.66. The van der Waals surface area contributed by atoms with Gasteiger partial charge in [-0.3, -0.25) is 13.5 Å². The number of carboxylic acids is 1. The normalized spacial score (nSPS) is 24.9. The molecule has 0 radical (unpaired) electrons. The molecule has 5 atom stereocenters. The zero-order chi connectivity index (χ0) is 22.9. The minimum Gasteiger partial charge on any atom is -0.544 e. The predicted molar refractivity (Wildman–Crippen MR) is 95.0 cm³/mol. The minimum absolute atomic E-state index is 0.0849.